The highest BCUT2D eigenvalue weighted by atomic mass is 16.4. The van der Waals surface area contributed by atoms with E-state index in [2.05, 4.69) is 11.1 Å². The van der Waals surface area contributed by atoms with Gasteiger partial charge in [0.15, 0.2) is 6.04 Å². The Kier molecular flexibility index (Phi) is 3.42. The van der Waals surface area contributed by atoms with Crippen LogP contribution in [0.1, 0.15) is 6.92 Å². The summed E-state index contributed by atoms with van der Waals surface area (Å²) in [6, 6.07) is 0.0324. The number of carbonyl (C=O) groups is 2. The average molecular weight is 146 g/mol. The first-order valence-corrected chi connectivity index (χ1v) is 2.82. The molecule has 1 fully saturated rings. The Morgan fingerprint density at radius 2 is 2.20 bits per heavy atom. The lowest BCUT2D eigenvalue weighted by atomic mass is 10.2. The quantitative estimate of drug-likeness (QED) is 0.347. The highest BCUT2D eigenvalue weighted by molar-refractivity contribution is 5.85. The fourth-order valence-electron chi connectivity index (χ4n) is 0.330. The zero-order chi connectivity index (χ0) is 8.15. The lowest BCUT2D eigenvalue weighted by Crippen LogP contribution is -2.78. The number of carboxylic acids is 1. The number of aliphatic carboxylic acids is 1. The Bertz CT molecular complexity index is 142. The van der Waals surface area contributed by atoms with E-state index < -0.39 is 5.97 Å². The zero-order valence-electron chi connectivity index (χ0n) is 5.72. The summed E-state index contributed by atoms with van der Waals surface area (Å²) in [6.07, 6.45) is 0. The molecule has 0 unspecified atom stereocenters. The highest BCUT2D eigenvalue weighted by Gasteiger charge is 2.26. The monoisotopic (exact) mass is 146 g/mol. The Morgan fingerprint density at radius 1 is 1.90 bits per heavy atom. The Balaban J connectivity index is 0.000000180. The molecule has 0 bridgehead atoms. The lowest BCUT2D eigenvalue weighted by molar-refractivity contribution is -0.410. The molecule has 5 nitrogen and oxygen atoms in total. The van der Waals surface area contributed by atoms with Crippen molar-refractivity contribution in [1.82, 2.24) is 5.32 Å². The molecule has 1 aliphatic rings. The van der Waals surface area contributed by atoms with E-state index in [1.54, 1.807) is 0 Å². The summed E-state index contributed by atoms with van der Waals surface area (Å²) in [5, 5.41) is 11.4. The second-order valence-electron chi connectivity index (χ2n) is 1.93. The number of nitrogens with one attached hydrogen (secondary N) is 1. The van der Waals surface area contributed by atoms with Crippen LogP contribution in [0.25, 0.3) is 0 Å². The SMILES string of the molecule is CC(=O)[O-].[NH3+][C@H]1CNC1=O. The van der Waals surface area contributed by atoms with Gasteiger partial charge in [-0.1, -0.05) is 0 Å². The van der Waals surface area contributed by atoms with Gasteiger partial charge in [-0.2, -0.15) is 0 Å². The predicted molar refractivity (Wildman–Crippen MR) is 30.4 cm³/mol. The van der Waals surface area contributed by atoms with Gasteiger partial charge in [0.05, 0.1) is 6.54 Å². The molecular weight excluding hydrogens is 136 g/mol. The minimum absolute atomic E-state index is 0.0324. The summed E-state index contributed by atoms with van der Waals surface area (Å²) < 4.78 is 0. The van der Waals surface area contributed by atoms with Crippen LogP contribution in [0.4, 0.5) is 0 Å². The van der Waals surface area contributed by atoms with Crippen molar-refractivity contribution in [2.75, 3.05) is 6.54 Å². The number of hydrogen-bond donors (Lipinski definition) is 2. The maximum absolute atomic E-state index is 10.1. The summed E-state index contributed by atoms with van der Waals surface area (Å²) in [7, 11) is 0. The second-order valence-corrected chi connectivity index (χ2v) is 1.93. The van der Waals surface area contributed by atoms with Crippen molar-refractivity contribution in [2.45, 2.75) is 13.0 Å². The number of quaternary nitrogens is 1. The molecule has 0 radical (unpaired) electrons. The van der Waals surface area contributed by atoms with Gasteiger partial charge in [0, 0.05) is 5.97 Å². The van der Waals surface area contributed by atoms with E-state index in [1.807, 2.05) is 0 Å². The molecule has 1 rings (SSSR count). The van der Waals surface area contributed by atoms with Gasteiger partial charge < -0.3 is 21.0 Å². The fraction of sp³-hybridized carbons (Fsp3) is 0.600. The van der Waals surface area contributed by atoms with Gasteiger partial charge >= 0.3 is 0 Å². The maximum atomic E-state index is 10.1. The van der Waals surface area contributed by atoms with E-state index in [4.69, 9.17) is 9.90 Å². The molecule has 0 aromatic rings. The molecule has 1 aliphatic heterocycles. The van der Waals surface area contributed by atoms with Crippen molar-refractivity contribution in [3.63, 3.8) is 0 Å². The first-order valence-electron chi connectivity index (χ1n) is 2.82. The number of hydrogen-bond acceptors (Lipinski definition) is 3. The maximum Gasteiger partial charge on any atom is 0.280 e. The van der Waals surface area contributed by atoms with Crippen LogP contribution in [0.15, 0.2) is 0 Å². The first kappa shape index (κ1) is 8.90. The van der Waals surface area contributed by atoms with E-state index >= 15 is 0 Å². The smallest absolute Gasteiger partial charge is 0.280 e. The van der Waals surface area contributed by atoms with Crippen molar-refractivity contribution >= 4 is 11.9 Å². The van der Waals surface area contributed by atoms with E-state index in [-0.39, 0.29) is 11.9 Å². The van der Waals surface area contributed by atoms with Crippen LogP contribution in [0.2, 0.25) is 0 Å². The number of rotatable bonds is 0. The van der Waals surface area contributed by atoms with Crippen LogP contribution < -0.4 is 16.2 Å². The van der Waals surface area contributed by atoms with Crippen LogP contribution in [0, 0.1) is 0 Å². The molecule has 0 aromatic heterocycles. The van der Waals surface area contributed by atoms with Crippen molar-refractivity contribution < 1.29 is 20.4 Å². The van der Waals surface area contributed by atoms with Gasteiger partial charge in [-0.15, -0.1) is 0 Å². The molecule has 0 spiro atoms. The van der Waals surface area contributed by atoms with Crippen molar-refractivity contribution in [2.24, 2.45) is 0 Å². The molecule has 1 saturated heterocycles. The topological polar surface area (TPSA) is 96.9 Å². The minimum atomic E-state index is -1.08. The van der Waals surface area contributed by atoms with Crippen LogP contribution in [-0.4, -0.2) is 24.5 Å². The summed E-state index contributed by atoms with van der Waals surface area (Å²) in [4.78, 5) is 18.9. The molecule has 0 saturated carbocycles. The standard InChI is InChI=1S/C3H6N2O.C2H4O2/c4-2-1-5-3(2)6;1-2(3)4/h2H,1,4H2,(H,5,6);1H3,(H,3,4)/t2-;/m0./s1. The molecule has 1 atom stereocenters. The van der Waals surface area contributed by atoms with Gasteiger partial charge in [-0.05, 0) is 6.92 Å². The van der Waals surface area contributed by atoms with E-state index in [0.29, 0.717) is 0 Å². The largest absolute Gasteiger partial charge is 0.550 e. The predicted octanol–water partition coefficient (Wildman–Crippen LogP) is -3.52. The van der Waals surface area contributed by atoms with Gasteiger partial charge in [0.2, 0.25) is 0 Å². The Hall–Kier alpha value is -1.10. The molecule has 5 heteroatoms. The Labute approximate surface area is 58.2 Å². The number of carbonyl (C=O) groups excluding carboxylic acids is 2. The molecule has 10 heavy (non-hydrogen) atoms. The summed E-state index contributed by atoms with van der Waals surface area (Å²) in [6.45, 7) is 1.73. The lowest BCUT2D eigenvalue weighted by Gasteiger charge is -2.16. The highest BCUT2D eigenvalue weighted by Crippen LogP contribution is 1.82. The van der Waals surface area contributed by atoms with Crippen LogP contribution in [-0.2, 0) is 9.59 Å². The normalized spacial score (nSPS) is 21.4. The first-order chi connectivity index (χ1) is 4.54. The van der Waals surface area contributed by atoms with Gasteiger partial charge in [-0.25, -0.2) is 0 Å². The van der Waals surface area contributed by atoms with E-state index in [1.165, 1.54) is 0 Å². The molecule has 1 amide bonds. The molecule has 1 heterocycles. The van der Waals surface area contributed by atoms with Crippen LogP contribution in [0.3, 0.4) is 0 Å². The number of β-lactam (4-membered cyclic amide) rings is 1. The van der Waals surface area contributed by atoms with Crippen LogP contribution in [0.5, 0.6) is 0 Å². The number of carboxylic acid groups (broad SMARTS) is 1. The van der Waals surface area contributed by atoms with Gasteiger partial charge in [-0.3, -0.25) is 4.79 Å². The molecule has 0 aliphatic carbocycles. The molecule has 0 aromatic carbocycles. The van der Waals surface area contributed by atoms with Crippen molar-refractivity contribution in [3.8, 4) is 0 Å². The van der Waals surface area contributed by atoms with E-state index in [0.717, 1.165) is 13.5 Å². The zero-order valence-corrected chi connectivity index (χ0v) is 5.72. The van der Waals surface area contributed by atoms with Gasteiger partial charge in [0.1, 0.15) is 0 Å². The number of amides is 1. The third-order valence-corrected chi connectivity index (χ3v) is 0.893. The van der Waals surface area contributed by atoms with Gasteiger partial charge in [0.25, 0.3) is 5.91 Å². The van der Waals surface area contributed by atoms with Crippen molar-refractivity contribution in [3.05, 3.63) is 0 Å². The average Bonchev–Trinajstić information content (AvgIpc) is 1.83. The Morgan fingerprint density at radius 3 is 2.20 bits per heavy atom. The van der Waals surface area contributed by atoms with Crippen molar-refractivity contribution in [1.29, 1.82) is 0 Å². The minimum Gasteiger partial charge on any atom is -0.550 e. The molecule has 58 valence electrons. The van der Waals surface area contributed by atoms with Crippen LogP contribution >= 0.6 is 0 Å². The summed E-state index contributed by atoms with van der Waals surface area (Å²) in [5.74, 6) is -1.00. The fourth-order valence-corrected chi connectivity index (χ4v) is 0.330. The third kappa shape index (κ3) is 3.85. The summed E-state index contributed by atoms with van der Waals surface area (Å²) >= 11 is 0. The third-order valence-electron chi connectivity index (χ3n) is 0.893. The van der Waals surface area contributed by atoms with E-state index in [9.17, 15) is 4.79 Å². The molecule has 4 N–H and O–H groups in total. The second kappa shape index (κ2) is 3.84. The summed E-state index contributed by atoms with van der Waals surface area (Å²) in [5.41, 5.74) is 3.51. The molecular formula is C5H10N2O3.